The van der Waals surface area contributed by atoms with E-state index >= 15 is 0 Å². The Bertz CT molecular complexity index is 1150. The minimum Gasteiger partial charge on any atom is -0.484 e. The zero-order chi connectivity index (χ0) is 23.9. The normalized spacial score (nSPS) is 14.2. The summed E-state index contributed by atoms with van der Waals surface area (Å²) in [5.74, 6) is 1.55. The molecule has 1 amide bonds. The summed E-state index contributed by atoms with van der Waals surface area (Å²) in [5, 5.41) is 22.8. The van der Waals surface area contributed by atoms with Gasteiger partial charge in [0.25, 0.3) is 0 Å². The summed E-state index contributed by atoms with van der Waals surface area (Å²) < 4.78 is 7.63. The van der Waals surface area contributed by atoms with Gasteiger partial charge in [-0.15, -0.1) is 27.0 Å². The molecule has 1 saturated carbocycles. The molecule has 0 atom stereocenters. The van der Waals surface area contributed by atoms with Gasteiger partial charge in [-0.2, -0.15) is 0 Å². The number of carbonyl (C=O) groups excluding carboxylic acids is 1. The first-order valence-corrected chi connectivity index (χ1v) is 13.5. The third-order valence-electron chi connectivity index (χ3n) is 5.33. The van der Waals surface area contributed by atoms with Crippen LogP contribution in [0.1, 0.15) is 48.9 Å². The van der Waals surface area contributed by atoms with Crippen LogP contribution in [0.5, 0.6) is 5.75 Å². The van der Waals surface area contributed by atoms with Crippen molar-refractivity contribution in [2.45, 2.75) is 56.3 Å². The second kappa shape index (κ2) is 12.0. The SMILES string of the molecule is C=CCn1c(COc2ccc(Cl)cc2Cl)nnc1SCC(=O)Nc1nnc(C2CCCCC2)s1. The van der Waals surface area contributed by atoms with Gasteiger partial charge in [0.15, 0.2) is 11.0 Å². The number of aromatic nitrogens is 5. The van der Waals surface area contributed by atoms with Gasteiger partial charge in [-0.1, -0.05) is 71.6 Å². The maximum absolute atomic E-state index is 12.5. The summed E-state index contributed by atoms with van der Waals surface area (Å²) in [7, 11) is 0. The van der Waals surface area contributed by atoms with Crippen molar-refractivity contribution >= 4 is 57.3 Å². The fraction of sp³-hybridized carbons (Fsp3) is 0.409. The van der Waals surface area contributed by atoms with Crippen molar-refractivity contribution in [2.24, 2.45) is 0 Å². The average molecular weight is 540 g/mol. The van der Waals surface area contributed by atoms with Gasteiger partial charge in [0.05, 0.1) is 10.8 Å². The van der Waals surface area contributed by atoms with Crippen LogP contribution in [0, 0.1) is 0 Å². The van der Waals surface area contributed by atoms with Gasteiger partial charge in [0, 0.05) is 17.5 Å². The molecule has 1 fully saturated rings. The minimum atomic E-state index is -0.171. The lowest BCUT2D eigenvalue weighted by molar-refractivity contribution is -0.113. The van der Waals surface area contributed by atoms with E-state index in [9.17, 15) is 4.79 Å². The molecule has 1 N–H and O–H groups in total. The molecule has 3 aromatic rings. The summed E-state index contributed by atoms with van der Waals surface area (Å²) in [6, 6.07) is 5.02. The molecule has 2 aromatic heterocycles. The molecule has 4 rings (SSSR count). The molecule has 34 heavy (non-hydrogen) atoms. The molecule has 1 aromatic carbocycles. The predicted molar refractivity (Wildman–Crippen MR) is 136 cm³/mol. The van der Waals surface area contributed by atoms with E-state index in [0.717, 1.165) is 17.8 Å². The first kappa shape index (κ1) is 25.0. The van der Waals surface area contributed by atoms with Crippen molar-refractivity contribution in [1.82, 2.24) is 25.0 Å². The first-order valence-electron chi connectivity index (χ1n) is 10.9. The summed E-state index contributed by atoms with van der Waals surface area (Å²) >= 11 is 14.9. The zero-order valence-corrected chi connectivity index (χ0v) is 21.5. The molecule has 0 aliphatic heterocycles. The van der Waals surface area contributed by atoms with Crippen molar-refractivity contribution in [3.63, 3.8) is 0 Å². The van der Waals surface area contributed by atoms with Crippen molar-refractivity contribution in [1.29, 1.82) is 0 Å². The highest BCUT2D eigenvalue weighted by atomic mass is 35.5. The number of nitrogens with zero attached hydrogens (tertiary/aromatic N) is 5. The van der Waals surface area contributed by atoms with Crippen LogP contribution in [0.3, 0.4) is 0 Å². The molecule has 0 bridgehead atoms. The Hall–Kier alpha value is -2.14. The molecule has 1 aliphatic carbocycles. The van der Waals surface area contributed by atoms with Gasteiger partial charge >= 0.3 is 0 Å². The van der Waals surface area contributed by atoms with Crippen molar-refractivity contribution in [3.05, 3.63) is 51.7 Å². The molecule has 1 aliphatic rings. The number of rotatable bonds is 10. The van der Waals surface area contributed by atoms with E-state index in [-0.39, 0.29) is 18.3 Å². The number of hydrogen-bond acceptors (Lipinski definition) is 8. The smallest absolute Gasteiger partial charge is 0.236 e. The Kier molecular flexibility index (Phi) is 8.82. The summed E-state index contributed by atoms with van der Waals surface area (Å²) in [5.41, 5.74) is 0. The van der Waals surface area contributed by atoms with Crippen LogP contribution in [0.15, 0.2) is 36.0 Å². The van der Waals surface area contributed by atoms with Gasteiger partial charge in [0.2, 0.25) is 11.0 Å². The number of ether oxygens (including phenoxy) is 1. The summed E-state index contributed by atoms with van der Waals surface area (Å²) in [6.45, 7) is 4.43. The van der Waals surface area contributed by atoms with Crippen LogP contribution in [0.4, 0.5) is 5.13 Å². The van der Waals surface area contributed by atoms with Crippen molar-refractivity contribution in [2.75, 3.05) is 11.1 Å². The van der Waals surface area contributed by atoms with Crippen LogP contribution in [-0.4, -0.2) is 36.6 Å². The first-order chi connectivity index (χ1) is 16.5. The molecular formula is C22H24Cl2N6O2S2. The molecule has 0 radical (unpaired) electrons. The number of hydrogen-bond donors (Lipinski definition) is 1. The Morgan fingerprint density at radius 1 is 1.24 bits per heavy atom. The molecule has 2 heterocycles. The maximum atomic E-state index is 12.5. The van der Waals surface area contributed by atoms with Crippen molar-refractivity contribution in [3.8, 4) is 5.75 Å². The monoisotopic (exact) mass is 538 g/mol. The molecule has 180 valence electrons. The topological polar surface area (TPSA) is 94.8 Å². The minimum absolute atomic E-state index is 0.156. The Balaban J connectivity index is 1.33. The summed E-state index contributed by atoms with van der Waals surface area (Å²) in [4.78, 5) is 12.5. The Labute approximate surface area is 216 Å². The molecule has 0 saturated heterocycles. The van der Waals surface area contributed by atoms with Crippen LogP contribution in [0.2, 0.25) is 10.0 Å². The lowest BCUT2D eigenvalue weighted by Gasteiger charge is -2.18. The predicted octanol–water partition coefficient (Wildman–Crippen LogP) is 5.98. The van der Waals surface area contributed by atoms with E-state index in [1.807, 2.05) is 4.57 Å². The number of thioether (sulfide) groups is 1. The van der Waals surface area contributed by atoms with Gasteiger partial charge in [0.1, 0.15) is 17.4 Å². The molecule has 8 nitrogen and oxygen atoms in total. The van der Waals surface area contributed by atoms with Gasteiger partial charge < -0.3 is 4.74 Å². The lowest BCUT2D eigenvalue weighted by Crippen LogP contribution is -2.15. The molecule has 12 heteroatoms. The van der Waals surface area contributed by atoms with Crippen LogP contribution in [0.25, 0.3) is 0 Å². The quantitative estimate of drug-likeness (QED) is 0.250. The van der Waals surface area contributed by atoms with Crippen molar-refractivity contribution < 1.29 is 9.53 Å². The van der Waals surface area contributed by atoms with Crippen LogP contribution in [-0.2, 0) is 17.9 Å². The number of halogens is 2. The third kappa shape index (κ3) is 6.50. The van der Waals surface area contributed by atoms with Crippen LogP contribution < -0.4 is 10.1 Å². The molecular weight excluding hydrogens is 515 g/mol. The highest BCUT2D eigenvalue weighted by Crippen LogP contribution is 2.35. The second-order valence-corrected chi connectivity index (χ2v) is 10.6. The maximum Gasteiger partial charge on any atom is 0.236 e. The van der Waals surface area contributed by atoms with E-state index < -0.39 is 0 Å². The number of nitrogens with one attached hydrogen (secondary N) is 1. The Morgan fingerprint density at radius 3 is 2.82 bits per heavy atom. The van der Waals surface area contributed by atoms with Gasteiger partial charge in [-0.05, 0) is 31.0 Å². The largest absolute Gasteiger partial charge is 0.484 e. The lowest BCUT2D eigenvalue weighted by atomic mass is 9.90. The second-order valence-electron chi connectivity index (χ2n) is 7.78. The summed E-state index contributed by atoms with van der Waals surface area (Å²) in [6.07, 6.45) is 7.78. The van der Waals surface area contributed by atoms with E-state index in [4.69, 9.17) is 27.9 Å². The Morgan fingerprint density at radius 2 is 2.06 bits per heavy atom. The number of anilines is 1. The number of carbonyl (C=O) groups is 1. The molecule has 0 spiro atoms. The molecule has 0 unspecified atom stereocenters. The fourth-order valence-corrected chi connectivity index (χ4v) is 5.82. The van der Waals surface area contributed by atoms with Gasteiger partial charge in [-0.25, -0.2) is 0 Å². The van der Waals surface area contributed by atoms with E-state index in [2.05, 4.69) is 32.3 Å². The fourth-order valence-electron chi connectivity index (χ4n) is 3.66. The number of benzene rings is 1. The van der Waals surface area contributed by atoms with Crippen LogP contribution >= 0.6 is 46.3 Å². The number of allylic oxidation sites excluding steroid dienone is 1. The standard InChI is InChI=1S/C22H24Cl2N6O2S2/c1-2-10-30-18(12-32-17-9-8-15(23)11-16(17)24)26-29-22(30)33-13-19(31)25-21-28-27-20(34-21)14-6-4-3-5-7-14/h2,8-9,11,14H,1,3-7,10,12-13H2,(H,25,28,31). The average Bonchev–Trinajstić information content (AvgIpc) is 3.45. The van der Waals surface area contributed by atoms with E-state index in [1.165, 1.54) is 42.4 Å². The highest BCUT2D eigenvalue weighted by molar-refractivity contribution is 7.99. The van der Waals surface area contributed by atoms with E-state index in [1.54, 1.807) is 24.3 Å². The third-order valence-corrected chi connectivity index (χ3v) is 7.83. The van der Waals surface area contributed by atoms with Gasteiger partial charge in [-0.3, -0.25) is 14.7 Å². The zero-order valence-electron chi connectivity index (χ0n) is 18.4. The number of amides is 1. The van der Waals surface area contributed by atoms with E-state index in [0.29, 0.717) is 44.4 Å². The highest BCUT2D eigenvalue weighted by Gasteiger charge is 2.21.